The molecule has 0 bridgehead atoms. The number of rotatable bonds is 7. The lowest BCUT2D eigenvalue weighted by molar-refractivity contribution is 0.598. The first-order valence-corrected chi connectivity index (χ1v) is 7.99. The normalized spacial score (nSPS) is 16.5. The Morgan fingerprint density at radius 2 is 1.93 bits per heavy atom. The van der Waals surface area contributed by atoms with Crippen molar-refractivity contribution in [3.05, 3.63) is 0 Å². The lowest BCUT2D eigenvalue weighted by Gasteiger charge is -2.04. The van der Waals surface area contributed by atoms with Crippen LogP contribution in [0.4, 0.5) is 0 Å². The quantitative estimate of drug-likeness (QED) is 0.675. The third-order valence-corrected chi connectivity index (χ3v) is 5.18. The maximum Gasteiger partial charge on any atom is 0.150 e. The van der Waals surface area contributed by atoms with Crippen LogP contribution in [0.5, 0.6) is 0 Å². The van der Waals surface area contributed by atoms with Crippen molar-refractivity contribution in [2.75, 3.05) is 23.0 Å². The van der Waals surface area contributed by atoms with Crippen LogP contribution < -0.4 is 5.73 Å². The molecule has 0 aromatic carbocycles. The molecular weight excluding hydrogens is 222 g/mol. The zero-order valence-electron chi connectivity index (χ0n) is 8.73. The van der Waals surface area contributed by atoms with E-state index in [-0.39, 0.29) is 23.3 Å². The van der Waals surface area contributed by atoms with Crippen molar-refractivity contribution in [1.29, 1.82) is 0 Å². The van der Waals surface area contributed by atoms with E-state index in [1.54, 1.807) is 6.92 Å². The van der Waals surface area contributed by atoms with Crippen LogP contribution in [0.1, 0.15) is 20.3 Å². The van der Waals surface area contributed by atoms with Crippen LogP contribution in [-0.4, -0.2) is 41.7 Å². The van der Waals surface area contributed by atoms with Gasteiger partial charge in [-0.05, 0) is 13.3 Å². The van der Waals surface area contributed by atoms with Gasteiger partial charge in [-0.15, -0.1) is 0 Å². The molecule has 0 aliphatic carbocycles. The fraction of sp³-hybridized carbons (Fsp3) is 1.00. The summed E-state index contributed by atoms with van der Waals surface area (Å²) < 4.78 is 33.5. The molecule has 0 heterocycles. The number of hydrogen-bond acceptors (Lipinski definition) is 4. The highest BCUT2D eigenvalue weighted by molar-refractivity contribution is 7.93. The molecule has 2 N–H and O–H groups in total. The van der Waals surface area contributed by atoms with E-state index in [1.807, 2.05) is 6.92 Å². The van der Waals surface area contributed by atoms with Gasteiger partial charge in [-0.1, -0.05) is 6.92 Å². The van der Waals surface area contributed by atoms with E-state index in [0.29, 0.717) is 12.2 Å². The van der Waals surface area contributed by atoms with Gasteiger partial charge in [-0.2, -0.15) is 0 Å². The Morgan fingerprint density at radius 1 is 1.36 bits per heavy atom. The summed E-state index contributed by atoms with van der Waals surface area (Å²) in [4.78, 5) is 0. The zero-order chi connectivity index (χ0) is 11.2. The van der Waals surface area contributed by atoms with Crippen LogP contribution in [-0.2, 0) is 20.6 Å². The lowest BCUT2D eigenvalue weighted by Crippen LogP contribution is -2.21. The van der Waals surface area contributed by atoms with Crippen molar-refractivity contribution in [2.45, 2.75) is 26.3 Å². The van der Waals surface area contributed by atoms with E-state index in [0.717, 1.165) is 0 Å². The highest BCUT2D eigenvalue weighted by Gasteiger charge is 2.10. The van der Waals surface area contributed by atoms with Crippen molar-refractivity contribution >= 4 is 20.6 Å². The summed E-state index contributed by atoms with van der Waals surface area (Å²) in [5.41, 5.74) is 5.50. The van der Waals surface area contributed by atoms with Crippen molar-refractivity contribution in [3.8, 4) is 0 Å². The second-order valence-corrected chi connectivity index (χ2v) is 7.52. The molecule has 0 fully saturated rings. The first kappa shape index (κ1) is 14.1. The van der Waals surface area contributed by atoms with E-state index in [2.05, 4.69) is 0 Å². The van der Waals surface area contributed by atoms with Crippen LogP contribution in [0.3, 0.4) is 0 Å². The third kappa shape index (κ3) is 7.46. The second kappa shape index (κ2) is 6.53. The van der Waals surface area contributed by atoms with Crippen LogP contribution in [0, 0.1) is 0 Å². The average Bonchev–Trinajstić information content (AvgIpc) is 2.11. The summed E-state index contributed by atoms with van der Waals surface area (Å²) in [5.74, 6) is 0.881. The minimum absolute atomic E-state index is 0.0229. The average molecular weight is 241 g/mol. The van der Waals surface area contributed by atoms with E-state index in [1.165, 1.54) is 0 Å². The Kier molecular flexibility index (Phi) is 6.55. The van der Waals surface area contributed by atoms with E-state index >= 15 is 0 Å². The highest BCUT2D eigenvalue weighted by atomic mass is 32.2. The number of sulfone groups is 1. The first-order chi connectivity index (χ1) is 6.37. The summed E-state index contributed by atoms with van der Waals surface area (Å²) in [7, 11) is -4.03. The third-order valence-electron chi connectivity index (χ3n) is 1.86. The molecule has 0 rings (SSSR count). The van der Waals surface area contributed by atoms with Crippen molar-refractivity contribution in [3.63, 3.8) is 0 Å². The largest absolute Gasteiger partial charge is 0.328 e. The van der Waals surface area contributed by atoms with Gasteiger partial charge in [0, 0.05) is 34.1 Å². The SMILES string of the molecule is CCS(=O)(=O)CCS(=O)CCC(C)N. The lowest BCUT2D eigenvalue weighted by atomic mass is 10.3. The van der Waals surface area contributed by atoms with Gasteiger partial charge in [0.15, 0.2) is 9.84 Å². The first-order valence-electron chi connectivity index (χ1n) is 4.68. The maximum atomic E-state index is 11.3. The molecule has 0 saturated heterocycles. The Hall–Kier alpha value is 0.0600. The van der Waals surface area contributed by atoms with E-state index in [4.69, 9.17) is 5.73 Å². The summed E-state index contributed by atoms with van der Waals surface area (Å²) in [6.45, 7) is 3.44. The summed E-state index contributed by atoms with van der Waals surface area (Å²) in [5, 5.41) is 0. The molecule has 0 aromatic heterocycles. The fourth-order valence-electron chi connectivity index (χ4n) is 0.784. The minimum Gasteiger partial charge on any atom is -0.328 e. The molecule has 0 aliphatic rings. The Balaban J connectivity index is 3.75. The number of hydrogen-bond donors (Lipinski definition) is 1. The monoisotopic (exact) mass is 241 g/mol. The molecule has 2 atom stereocenters. The summed E-state index contributed by atoms with van der Waals surface area (Å²) in [6, 6.07) is 0.0294. The Labute approximate surface area is 88.6 Å². The van der Waals surface area contributed by atoms with Crippen LogP contribution in [0.15, 0.2) is 0 Å². The Bertz CT molecular complexity index is 272. The van der Waals surface area contributed by atoms with Crippen LogP contribution in [0.2, 0.25) is 0 Å². The standard InChI is InChI=1S/C8H19NO3S2/c1-3-14(11,12)7-6-13(10)5-4-8(2)9/h8H,3-7,9H2,1-2H3. The van der Waals surface area contributed by atoms with E-state index in [9.17, 15) is 12.6 Å². The molecule has 0 aliphatic heterocycles. The summed E-state index contributed by atoms with van der Waals surface area (Å²) in [6.07, 6.45) is 0.679. The molecule has 14 heavy (non-hydrogen) atoms. The van der Waals surface area contributed by atoms with E-state index < -0.39 is 20.6 Å². The van der Waals surface area contributed by atoms with Crippen LogP contribution in [0.25, 0.3) is 0 Å². The molecule has 0 amide bonds. The van der Waals surface area contributed by atoms with Gasteiger partial charge in [0.1, 0.15) is 0 Å². The number of nitrogens with two attached hydrogens (primary N) is 1. The van der Waals surface area contributed by atoms with Crippen molar-refractivity contribution < 1.29 is 12.6 Å². The molecule has 4 nitrogen and oxygen atoms in total. The molecule has 0 saturated carbocycles. The van der Waals surface area contributed by atoms with Gasteiger partial charge < -0.3 is 5.73 Å². The molecule has 0 aromatic rings. The van der Waals surface area contributed by atoms with Gasteiger partial charge in [0.05, 0.1) is 5.75 Å². The van der Waals surface area contributed by atoms with Gasteiger partial charge in [-0.3, -0.25) is 4.21 Å². The van der Waals surface area contributed by atoms with Crippen LogP contribution >= 0.6 is 0 Å². The van der Waals surface area contributed by atoms with Gasteiger partial charge >= 0.3 is 0 Å². The molecule has 6 heteroatoms. The maximum absolute atomic E-state index is 11.3. The minimum atomic E-state index is -2.98. The molecular formula is C8H19NO3S2. The van der Waals surface area contributed by atoms with Crippen molar-refractivity contribution in [1.82, 2.24) is 0 Å². The predicted molar refractivity (Wildman–Crippen MR) is 60.5 cm³/mol. The molecule has 86 valence electrons. The van der Waals surface area contributed by atoms with Crippen molar-refractivity contribution in [2.24, 2.45) is 5.73 Å². The fourth-order valence-corrected chi connectivity index (χ4v) is 3.67. The smallest absolute Gasteiger partial charge is 0.150 e. The zero-order valence-corrected chi connectivity index (χ0v) is 10.4. The molecule has 2 unspecified atom stereocenters. The summed E-state index contributed by atoms with van der Waals surface area (Å²) >= 11 is 0. The highest BCUT2D eigenvalue weighted by Crippen LogP contribution is 1.95. The topological polar surface area (TPSA) is 77.2 Å². The molecule has 0 spiro atoms. The second-order valence-electron chi connectivity index (χ2n) is 3.35. The van der Waals surface area contributed by atoms with Gasteiger partial charge in [0.2, 0.25) is 0 Å². The molecule has 0 radical (unpaired) electrons. The predicted octanol–water partition coefficient (Wildman–Crippen LogP) is -0.0929. The van der Waals surface area contributed by atoms with Gasteiger partial charge in [-0.25, -0.2) is 8.42 Å². The Morgan fingerprint density at radius 3 is 2.36 bits per heavy atom. The van der Waals surface area contributed by atoms with Gasteiger partial charge in [0.25, 0.3) is 0 Å².